The summed E-state index contributed by atoms with van der Waals surface area (Å²) in [5.74, 6) is 0.869. The fraction of sp³-hybridized carbons (Fsp3) is 0.0625. The van der Waals surface area contributed by atoms with Crippen molar-refractivity contribution in [3.8, 4) is 17.1 Å². The van der Waals surface area contributed by atoms with Gasteiger partial charge in [0.2, 0.25) is 5.43 Å². The molecule has 2 aromatic carbocycles. The summed E-state index contributed by atoms with van der Waals surface area (Å²) in [5, 5.41) is 0.459. The summed E-state index contributed by atoms with van der Waals surface area (Å²) in [6.07, 6.45) is 0. The molecule has 3 aromatic rings. The Labute approximate surface area is 120 Å². The van der Waals surface area contributed by atoms with Gasteiger partial charge in [0.25, 0.3) is 0 Å². The van der Waals surface area contributed by atoms with Gasteiger partial charge in [-0.2, -0.15) is 0 Å². The lowest BCUT2D eigenvalue weighted by Crippen LogP contribution is -2.10. The lowest BCUT2D eigenvalue weighted by molar-refractivity contribution is 0.417. The predicted molar refractivity (Wildman–Crippen MR) is 83.3 cm³/mol. The van der Waals surface area contributed by atoms with Gasteiger partial charge in [0, 0.05) is 5.56 Å². The average Bonchev–Trinajstić information content (AvgIpc) is 2.51. The highest BCUT2D eigenvalue weighted by Crippen LogP contribution is 2.32. The Morgan fingerprint density at radius 3 is 2.57 bits per heavy atom. The van der Waals surface area contributed by atoms with Crippen LogP contribution in [0.5, 0.6) is 5.75 Å². The first-order valence-corrected chi connectivity index (χ1v) is 6.37. The van der Waals surface area contributed by atoms with E-state index in [2.05, 4.69) is 0 Å². The largest absolute Gasteiger partial charge is 0.495 e. The number of anilines is 2. The van der Waals surface area contributed by atoms with Crippen LogP contribution in [0.1, 0.15) is 0 Å². The quantitative estimate of drug-likeness (QED) is 0.705. The van der Waals surface area contributed by atoms with Gasteiger partial charge < -0.3 is 20.6 Å². The van der Waals surface area contributed by atoms with Crippen molar-refractivity contribution in [3.05, 3.63) is 52.7 Å². The molecule has 0 unspecified atom stereocenters. The molecule has 106 valence electrons. The van der Waals surface area contributed by atoms with Crippen LogP contribution in [0.4, 0.5) is 11.4 Å². The molecular formula is C16H14N2O3. The molecule has 0 aliphatic heterocycles. The molecule has 0 aliphatic carbocycles. The highest BCUT2D eigenvalue weighted by molar-refractivity contribution is 5.85. The molecule has 3 rings (SSSR count). The normalized spacial score (nSPS) is 10.7. The molecule has 5 heteroatoms. The number of methoxy groups -OCH3 is 1. The molecular weight excluding hydrogens is 268 g/mol. The lowest BCUT2D eigenvalue weighted by atomic mass is 10.1. The zero-order chi connectivity index (χ0) is 15.0. The molecule has 0 saturated heterocycles. The molecule has 21 heavy (non-hydrogen) atoms. The summed E-state index contributed by atoms with van der Waals surface area (Å²) in [4.78, 5) is 12.3. The smallest absolute Gasteiger partial charge is 0.216 e. The van der Waals surface area contributed by atoms with E-state index in [0.29, 0.717) is 33.7 Å². The number of ether oxygens (including phenoxy) is 1. The van der Waals surface area contributed by atoms with Gasteiger partial charge in [-0.1, -0.05) is 12.1 Å². The van der Waals surface area contributed by atoms with E-state index < -0.39 is 0 Å². The van der Waals surface area contributed by atoms with Gasteiger partial charge in [0.15, 0.2) is 5.76 Å². The summed E-state index contributed by atoms with van der Waals surface area (Å²) < 4.78 is 10.9. The van der Waals surface area contributed by atoms with Crippen LogP contribution in [0.25, 0.3) is 22.3 Å². The Morgan fingerprint density at radius 1 is 1.10 bits per heavy atom. The summed E-state index contributed by atoms with van der Waals surface area (Å²) >= 11 is 0. The highest BCUT2D eigenvalue weighted by atomic mass is 16.5. The molecule has 1 aromatic heterocycles. The SMILES string of the molecule is COc1ccc(-c2oc3ccccc3c(=O)c2N)cc1N. The number of nitrogen functional groups attached to an aromatic ring is 2. The number of hydrogen-bond donors (Lipinski definition) is 2. The molecule has 4 N–H and O–H groups in total. The first kappa shape index (κ1) is 13.1. The molecule has 0 aliphatic rings. The highest BCUT2D eigenvalue weighted by Gasteiger charge is 2.14. The Morgan fingerprint density at radius 2 is 1.86 bits per heavy atom. The zero-order valence-corrected chi connectivity index (χ0v) is 11.4. The van der Waals surface area contributed by atoms with E-state index in [1.165, 1.54) is 7.11 Å². The second-order valence-corrected chi connectivity index (χ2v) is 4.63. The zero-order valence-electron chi connectivity index (χ0n) is 11.4. The van der Waals surface area contributed by atoms with Crippen LogP contribution in [0.2, 0.25) is 0 Å². The van der Waals surface area contributed by atoms with E-state index in [9.17, 15) is 4.79 Å². The summed E-state index contributed by atoms with van der Waals surface area (Å²) in [5.41, 5.74) is 13.2. The standard InChI is InChI=1S/C16H14N2O3/c1-20-13-7-6-9(8-11(13)17)16-14(18)15(19)10-4-2-3-5-12(10)21-16/h2-8H,17-18H2,1H3. The molecule has 0 amide bonds. The van der Waals surface area contributed by atoms with Gasteiger partial charge in [-0.15, -0.1) is 0 Å². The molecule has 1 heterocycles. The van der Waals surface area contributed by atoms with E-state index in [0.717, 1.165) is 0 Å². The number of rotatable bonds is 2. The van der Waals surface area contributed by atoms with Gasteiger partial charge in [-0.3, -0.25) is 4.79 Å². The molecule has 0 fully saturated rings. The number of hydrogen-bond acceptors (Lipinski definition) is 5. The summed E-state index contributed by atoms with van der Waals surface area (Å²) in [6.45, 7) is 0. The number of para-hydroxylation sites is 1. The topological polar surface area (TPSA) is 91.5 Å². The van der Waals surface area contributed by atoms with Crippen LogP contribution in [0.3, 0.4) is 0 Å². The van der Waals surface area contributed by atoms with Crippen molar-refractivity contribution in [2.45, 2.75) is 0 Å². The minimum Gasteiger partial charge on any atom is -0.495 e. The van der Waals surface area contributed by atoms with Crippen LogP contribution in [0, 0.1) is 0 Å². The van der Waals surface area contributed by atoms with E-state index >= 15 is 0 Å². The van der Waals surface area contributed by atoms with Crippen LogP contribution in [-0.2, 0) is 0 Å². The average molecular weight is 282 g/mol. The molecule has 5 nitrogen and oxygen atoms in total. The van der Waals surface area contributed by atoms with Crippen LogP contribution in [0.15, 0.2) is 51.7 Å². The van der Waals surface area contributed by atoms with E-state index in [4.69, 9.17) is 20.6 Å². The van der Waals surface area contributed by atoms with Gasteiger partial charge in [0.05, 0.1) is 18.2 Å². The first-order chi connectivity index (χ1) is 10.1. The Bertz CT molecular complexity index is 884. The van der Waals surface area contributed by atoms with Crippen molar-refractivity contribution >= 4 is 22.3 Å². The number of fused-ring (bicyclic) bond motifs is 1. The number of nitrogens with two attached hydrogens (primary N) is 2. The predicted octanol–water partition coefficient (Wildman–Crippen LogP) is 2.63. The fourth-order valence-electron chi connectivity index (χ4n) is 2.25. The van der Waals surface area contributed by atoms with Crippen molar-refractivity contribution in [3.63, 3.8) is 0 Å². The maximum Gasteiger partial charge on any atom is 0.216 e. The third-order valence-corrected chi connectivity index (χ3v) is 3.32. The minimum absolute atomic E-state index is 0.0678. The van der Waals surface area contributed by atoms with Gasteiger partial charge in [-0.05, 0) is 30.3 Å². The maximum absolute atomic E-state index is 12.3. The summed E-state index contributed by atoms with van der Waals surface area (Å²) in [6, 6.07) is 12.1. The van der Waals surface area contributed by atoms with Crippen molar-refractivity contribution < 1.29 is 9.15 Å². The Hall–Kier alpha value is -2.95. The lowest BCUT2D eigenvalue weighted by Gasteiger charge is -2.09. The van der Waals surface area contributed by atoms with E-state index in [1.54, 1.807) is 42.5 Å². The van der Waals surface area contributed by atoms with Crippen molar-refractivity contribution in [2.24, 2.45) is 0 Å². The van der Waals surface area contributed by atoms with Gasteiger partial charge in [-0.25, -0.2) is 0 Å². The van der Waals surface area contributed by atoms with Crippen LogP contribution in [-0.4, -0.2) is 7.11 Å². The van der Waals surface area contributed by atoms with Gasteiger partial charge in [0.1, 0.15) is 17.0 Å². The number of benzene rings is 2. The fourth-order valence-corrected chi connectivity index (χ4v) is 2.25. The van der Waals surface area contributed by atoms with Crippen molar-refractivity contribution in [1.82, 2.24) is 0 Å². The Balaban J connectivity index is 2.28. The van der Waals surface area contributed by atoms with Gasteiger partial charge >= 0.3 is 0 Å². The van der Waals surface area contributed by atoms with Crippen molar-refractivity contribution in [1.29, 1.82) is 0 Å². The third kappa shape index (κ3) is 2.08. The Kier molecular flexibility index (Phi) is 3.02. The van der Waals surface area contributed by atoms with Crippen molar-refractivity contribution in [2.75, 3.05) is 18.6 Å². The first-order valence-electron chi connectivity index (χ1n) is 6.37. The monoisotopic (exact) mass is 282 g/mol. The second kappa shape index (κ2) is 4.86. The van der Waals surface area contributed by atoms with E-state index in [1.807, 2.05) is 0 Å². The molecule has 0 atom stereocenters. The molecule has 0 saturated carbocycles. The molecule has 0 spiro atoms. The van der Waals surface area contributed by atoms with Crippen LogP contribution >= 0.6 is 0 Å². The van der Waals surface area contributed by atoms with E-state index in [-0.39, 0.29) is 11.1 Å². The van der Waals surface area contributed by atoms with Crippen LogP contribution < -0.4 is 21.6 Å². The third-order valence-electron chi connectivity index (χ3n) is 3.32. The molecule has 0 bridgehead atoms. The molecule has 0 radical (unpaired) electrons. The maximum atomic E-state index is 12.3. The minimum atomic E-state index is -0.249. The summed E-state index contributed by atoms with van der Waals surface area (Å²) in [7, 11) is 1.54. The second-order valence-electron chi connectivity index (χ2n) is 4.63.